The van der Waals surface area contributed by atoms with E-state index >= 15 is 0 Å². The highest BCUT2D eigenvalue weighted by Crippen LogP contribution is 2.49. The first-order valence-corrected chi connectivity index (χ1v) is 9.61. The number of phenolic OH excluding ortho intramolecular Hbond substituents is 3. The molecule has 2 aliphatic heterocycles. The van der Waals surface area contributed by atoms with Crippen LogP contribution in [0.3, 0.4) is 0 Å². The van der Waals surface area contributed by atoms with Crippen LogP contribution in [0.2, 0.25) is 0 Å². The fourth-order valence-corrected chi connectivity index (χ4v) is 3.97. The number of Topliss-reactive ketones (excluding diaryl/α,β-unsaturated/α-hetero) is 1. The predicted octanol–water partition coefficient (Wildman–Crippen LogP) is 0.0248. The number of aliphatic hydroxyl groups is 4. The first-order chi connectivity index (χ1) is 14.7. The first-order valence-electron chi connectivity index (χ1n) is 9.61. The van der Waals surface area contributed by atoms with Crippen LogP contribution >= 0.6 is 0 Å². The molecule has 10 nitrogen and oxygen atoms in total. The average Bonchev–Trinajstić information content (AvgIpc) is 2.73. The van der Waals surface area contributed by atoms with E-state index in [0.717, 1.165) is 6.07 Å². The van der Waals surface area contributed by atoms with Gasteiger partial charge in [0.05, 0.1) is 18.6 Å². The number of phenols is 3. The van der Waals surface area contributed by atoms with Gasteiger partial charge in [-0.25, -0.2) is 0 Å². The Labute approximate surface area is 176 Å². The van der Waals surface area contributed by atoms with E-state index < -0.39 is 60.5 Å². The molecule has 10 heteroatoms. The zero-order valence-corrected chi connectivity index (χ0v) is 16.1. The molecule has 0 aromatic heterocycles. The topological polar surface area (TPSA) is 177 Å². The molecule has 0 amide bonds. The molecule has 0 radical (unpaired) electrons. The van der Waals surface area contributed by atoms with E-state index in [1.807, 2.05) is 0 Å². The van der Waals surface area contributed by atoms with Crippen molar-refractivity contribution in [3.8, 4) is 23.0 Å². The number of hydrogen-bond acceptors (Lipinski definition) is 10. The standard InChI is InChI=1S/C21H22O10/c22-7-14-17(26)19(28)20(29)21(31-14)16-11(25)6-13-15(18(16)27)10(24)5-12(30-13)8-1-3-9(23)4-2-8/h1-4,6,12,14,17,19-23,25-29H,5,7H2/t12-,14-,17-,19+,20-,21+/m0/s1. The van der Waals surface area contributed by atoms with Gasteiger partial charge in [0.1, 0.15) is 65.2 Å². The van der Waals surface area contributed by atoms with Gasteiger partial charge in [-0.3, -0.25) is 4.79 Å². The fourth-order valence-electron chi connectivity index (χ4n) is 3.97. The van der Waals surface area contributed by atoms with Gasteiger partial charge in [-0.05, 0) is 17.7 Å². The molecule has 0 bridgehead atoms. The molecule has 7 N–H and O–H groups in total. The lowest BCUT2D eigenvalue weighted by Crippen LogP contribution is -2.55. The number of hydrogen-bond donors (Lipinski definition) is 7. The van der Waals surface area contributed by atoms with Gasteiger partial charge in [-0.2, -0.15) is 0 Å². The van der Waals surface area contributed by atoms with E-state index in [1.54, 1.807) is 12.1 Å². The van der Waals surface area contributed by atoms with E-state index in [2.05, 4.69) is 0 Å². The molecule has 1 saturated heterocycles. The van der Waals surface area contributed by atoms with Crippen molar-refractivity contribution in [3.05, 3.63) is 47.0 Å². The molecule has 2 aromatic carbocycles. The molecule has 2 heterocycles. The Bertz CT molecular complexity index is 987. The Kier molecular flexibility index (Phi) is 5.50. The lowest BCUT2D eigenvalue weighted by atomic mass is 9.87. The smallest absolute Gasteiger partial charge is 0.174 e. The number of benzene rings is 2. The van der Waals surface area contributed by atoms with Crippen molar-refractivity contribution in [2.45, 2.75) is 43.0 Å². The summed E-state index contributed by atoms with van der Waals surface area (Å²) in [6.45, 7) is -0.690. The number of ketones is 1. The van der Waals surface area contributed by atoms with Crippen LogP contribution < -0.4 is 4.74 Å². The number of fused-ring (bicyclic) bond motifs is 1. The Hall–Kier alpha value is -2.89. The third-order valence-electron chi connectivity index (χ3n) is 5.64. The Morgan fingerprint density at radius 3 is 2.29 bits per heavy atom. The second-order valence-corrected chi connectivity index (χ2v) is 7.61. The maximum Gasteiger partial charge on any atom is 0.174 e. The van der Waals surface area contributed by atoms with E-state index in [4.69, 9.17) is 9.47 Å². The molecule has 0 aliphatic carbocycles. The summed E-state index contributed by atoms with van der Waals surface area (Å²) in [6, 6.07) is 7.14. The highest BCUT2D eigenvalue weighted by molar-refractivity contribution is 6.03. The van der Waals surface area contributed by atoms with E-state index in [9.17, 15) is 40.5 Å². The average molecular weight is 434 g/mol. The molecule has 166 valence electrons. The quantitative estimate of drug-likeness (QED) is 0.348. The molecule has 0 unspecified atom stereocenters. The second kappa shape index (κ2) is 7.98. The van der Waals surface area contributed by atoms with Gasteiger partial charge >= 0.3 is 0 Å². The van der Waals surface area contributed by atoms with Crippen molar-refractivity contribution < 1.29 is 50.0 Å². The minimum Gasteiger partial charge on any atom is -0.508 e. The van der Waals surface area contributed by atoms with Crippen LogP contribution in [-0.4, -0.2) is 72.6 Å². The zero-order chi connectivity index (χ0) is 22.4. The van der Waals surface area contributed by atoms with Crippen molar-refractivity contribution in [1.82, 2.24) is 0 Å². The normalized spacial score (nSPS) is 30.5. The Morgan fingerprint density at radius 2 is 1.65 bits per heavy atom. The van der Waals surface area contributed by atoms with Crippen molar-refractivity contribution in [1.29, 1.82) is 0 Å². The lowest BCUT2D eigenvalue weighted by Gasteiger charge is -2.40. The van der Waals surface area contributed by atoms with Crippen molar-refractivity contribution in [2.75, 3.05) is 6.61 Å². The number of rotatable bonds is 3. The third kappa shape index (κ3) is 3.58. The first kappa shape index (κ1) is 21.3. The van der Waals surface area contributed by atoms with Gasteiger partial charge in [0.15, 0.2) is 5.78 Å². The highest BCUT2D eigenvalue weighted by Gasteiger charge is 2.47. The summed E-state index contributed by atoms with van der Waals surface area (Å²) >= 11 is 0. The predicted molar refractivity (Wildman–Crippen MR) is 103 cm³/mol. The maximum absolute atomic E-state index is 12.8. The Morgan fingerprint density at radius 1 is 0.968 bits per heavy atom. The summed E-state index contributed by atoms with van der Waals surface area (Å²) in [5.74, 6) is -1.79. The molecule has 1 fully saturated rings. The van der Waals surface area contributed by atoms with Crippen LogP contribution in [-0.2, 0) is 4.74 Å². The van der Waals surface area contributed by atoms with Gasteiger partial charge in [-0.15, -0.1) is 0 Å². The van der Waals surface area contributed by atoms with Crippen LogP contribution in [0.15, 0.2) is 30.3 Å². The summed E-state index contributed by atoms with van der Waals surface area (Å²) < 4.78 is 11.2. The summed E-state index contributed by atoms with van der Waals surface area (Å²) in [7, 11) is 0. The number of aliphatic hydroxyl groups excluding tert-OH is 4. The molecule has 2 aromatic rings. The highest BCUT2D eigenvalue weighted by atomic mass is 16.5. The van der Waals surface area contributed by atoms with Gasteiger partial charge in [0.25, 0.3) is 0 Å². The van der Waals surface area contributed by atoms with Crippen LogP contribution in [0.1, 0.15) is 40.1 Å². The minimum atomic E-state index is -1.75. The van der Waals surface area contributed by atoms with Crippen LogP contribution in [0.5, 0.6) is 23.0 Å². The summed E-state index contributed by atoms with van der Waals surface area (Å²) in [5.41, 5.74) is 0.0178. The Balaban J connectivity index is 1.72. The SMILES string of the molecule is O=C1C[C@@H](c2ccc(O)cc2)Oc2cc(O)c([C@H]3O[C@@H](CO)[C@H](O)[C@@H](O)[C@@H]3O)c(O)c21. The molecule has 4 rings (SSSR count). The maximum atomic E-state index is 12.8. The third-order valence-corrected chi connectivity index (χ3v) is 5.64. The second-order valence-electron chi connectivity index (χ2n) is 7.61. The van der Waals surface area contributed by atoms with Gasteiger partial charge < -0.3 is 45.2 Å². The van der Waals surface area contributed by atoms with Gasteiger partial charge in [0, 0.05) is 6.07 Å². The molecule has 6 atom stereocenters. The van der Waals surface area contributed by atoms with Gasteiger partial charge in [-0.1, -0.05) is 12.1 Å². The summed E-state index contributed by atoms with van der Waals surface area (Å²) in [4.78, 5) is 12.8. The van der Waals surface area contributed by atoms with Gasteiger partial charge in [0.2, 0.25) is 0 Å². The number of carbonyl (C=O) groups excluding carboxylic acids is 1. The molecular weight excluding hydrogens is 412 g/mol. The van der Waals surface area contributed by atoms with Crippen molar-refractivity contribution >= 4 is 5.78 Å². The number of ether oxygens (including phenoxy) is 2. The van der Waals surface area contributed by atoms with Crippen LogP contribution in [0, 0.1) is 0 Å². The summed E-state index contributed by atoms with van der Waals surface area (Å²) in [5, 5.41) is 70.4. The molecule has 31 heavy (non-hydrogen) atoms. The molecular formula is C21H22O10. The molecule has 2 aliphatic rings. The van der Waals surface area contributed by atoms with E-state index in [1.165, 1.54) is 12.1 Å². The van der Waals surface area contributed by atoms with Crippen LogP contribution in [0.25, 0.3) is 0 Å². The van der Waals surface area contributed by atoms with Crippen molar-refractivity contribution in [3.63, 3.8) is 0 Å². The monoisotopic (exact) mass is 434 g/mol. The fraction of sp³-hybridized carbons (Fsp3) is 0.381. The number of carbonyl (C=O) groups is 1. The summed E-state index contributed by atoms with van der Waals surface area (Å²) in [6.07, 6.45) is -8.72. The van der Waals surface area contributed by atoms with Crippen molar-refractivity contribution in [2.24, 2.45) is 0 Å². The van der Waals surface area contributed by atoms with Crippen LogP contribution in [0.4, 0.5) is 0 Å². The number of aromatic hydroxyl groups is 3. The molecule has 0 spiro atoms. The minimum absolute atomic E-state index is 0.0470. The zero-order valence-electron chi connectivity index (χ0n) is 16.1. The van der Waals surface area contributed by atoms with E-state index in [0.29, 0.717) is 5.56 Å². The molecule has 0 saturated carbocycles. The van der Waals surface area contributed by atoms with E-state index in [-0.39, 0.29) is 29.0 Å². The largest absolute Gasteiger partial charge is 0.508 e. The lowest BCUT2D eigenvalue weighted by molar-refractivity contribution is -0.232.